The van der Waals surface area contributed by atoms with Crippen LogP contribution >= 0.6 is 0 Å². The van der Waals surface area contributed by atoms with E-state index in [0.717, 1.165) is 32.5 Å². The van der Waals surface area contributed by atoms with E-state index in [9.17, 15) is 8.42 Å². The monoisotopic (exact) mass is 342 g/mol. The van der Waals surface area contributed by atoms with Crippen molar-refractivity contribution in [2.24, 2.45) is 11.3 Å². The van der Waals surface area contributed by atoms with Crippen LogP contribution < -0.4 is 0 Å². The molecule has 2 fully saturated rings. The van der Waals surface area contributed by atoms with Crippen LogP contribution in [0.4, 0.5) is 0 Å². The summed E-state index contributed by atoms with van der Waals surface area (Å²) in [6.07, 6.45) is 6.84. The summed E-state index contributed by atoms with van der Waals surface area (Å²) in [5.74, 6) is 0.290. The number of piperidine rings is 1. The zero-order valence-corrected chi connectivity index (χ0v) is 14.7. The molecule has 1 aromatic heterocycles. The molecule has 0 N–H and O–H groups in total. The Bertz CT molecular complexity index is 606. The summed E-state index contributed by atoms with van der Waals surface area (Å²) in [5, 5.41) is 0. The Labute approximate surface area is 138 Å². The summed E-state index contributed by atoms with van der Waals surface area (Å²) < 4.78 is 36.1. The fourth-order valence-corrected chi connectivity index (χ4v) is 4.97. The Morgan fingerprint density at radius 2 is 2.13 bits per heavy atom. The fourth-order valence-electron chi connectivity index (χ4n) is 4.03. The number of hydrogen-bond donors (Lipinski definition) is 0. The molecule has 2 saturated heterocycles. The van der Waals surface area contributed by atoms with E-state index in [1.807, 2.05) is 6.07 Å². The fraction of sp³-hybridized carbons (Fsp3) is 0.750. The van der Waals surface area contributed by atoms with Crippen LogP contribution in [-0.4, -0.2) is 63.8 Å². The van der Waals surface area contributed by atoms with Crippen molar-refractivity contribution < 1.29 is 17.6 Å². The van der Waals surface area contributed by atoms with Gasteiger partial charge in [-0.3, -0.25) is 4.90 Å². The molecule has 1 spiro atoms. The molecule has 1 unspecified atom stereocenters. The van der Waals surface area contributed by atoms with E-state index in [1.54, 1.807) is 23.9 Å². The average Bonchev–Trinajstić information content (AvgIpc) is 3.11. The summed E-state index contributed by atoms with van der Waals surface area (Å²) in [7, 11) is -1.43. The van der Waals surface area contributed by atoms with Crippen LogP contribution in [0, 0.1) is 11.3 Å². The third-order valence-corrected chi connectivity index (χ3v) is 6.67. The van der Waals surface area contributed by atoms with Gasteiger partial charge >= 0.3 is 0 Å². The second-order valence-electron chi connectivity index (χ2n) is 6.98. The molecule has 1 aromatic rings. The van der Waals surface area contributed by atoms with Crippen LogP contribution in [-0.2, 0) is 21.3 Å². The van der Waals surface area contributed by atoms with Gasteiger partial charge < -0.3 is 9.15 Å². The zero-order chi connectivity index (χ0) is 16.5. The number of hydrogen-bond acceptors (Lipinski definition) is 5. The second-order valence-corrected chi connectivity index (χ2v) is 8.96. The molecule has 2 aliphatic rings. The van der Waals surface area contributed by atoms with Crippen LogP contribution in [0.5, 0.6) is 0 Å². The number of furan rings is 1. The van der Waals surface area contributed by atoms with Crippen molar-refractivity contribution in [2.75, 3.05) is 46.2 Å². The van der Waals surface area contributed by atoms with E-state index in [2.05, 4.69) is 4.90 Å². The minimum Gasteiger partial charge on any atom is -0.472 e. The summed E-state index contributed by atoms with van der Waals surface area (Å²) in [6.45, 7) is 4.74. The largest absolute Gasteiger partial charge is 0.472 e. The van der Waals surface area contributed by atoms with Crippen molar-refractivity contribution >= 4 is 10.0 Å². The molecular weight excluding hydrogens is 316 g/mol. The first-order valence-corrected chi connectivity index (χ1v) is 9.95. The van der Waals surface area contributed by atoms with Gasteiger partial charge in [-0.2, -0.15) is 0 Å². The number of methoxy groups -OCH3 is 1. The lowest BCUT2D eigenvalue weighted by molar-refractivity contribution is 0.0357. The SMILES string of the molecule is COCC1CN(S(C)(=O)=O)CC12CCN(Cc1ccoc1)CC2. The van der Waals surface area contributed by atoms with Crippen molar-refractivity contribution in [1.82, 2.24) is 9.21 Å². The highest BCUT2D eigenvalue weighted by Gasteiger charge is 2.49. The maximum Gasteiger partial charge on any atom is 0.211 e. The van der Waals surface area contributed by atoms with Gasteiger partial charge in [0.2, 0.25) is 10.0 Å². The Balaban J connectivity index is 1.66. The van der Waals surface area contributed by atoms with Gasteiger partial charge in [0.1, 0.15) is 0 Å². The predicted octanol–water partition coefficient (Wildman–Crippen LogP) is 1.40. The first-order chi connectivity index (χ1) is 10.9. The van der Waals surface area contributed by atoms with Gasteiger partial charge in [-0.15, -0.1) is 0 Å². The van der Waals surface area contributed by atoms with Crippen LogP contribution in [0.25, 0.3) is 0 Å². The van der Waals surface area contributed by atoms with E-state index in [4.69, 9.17) is 9.15 Å². The molecule has 0 bridgehead atoms. The van der Waals surface area contributed by atoms with Gasteiger partial charge in [0.15, 0.2) is 0 Å². The van der Waals surface area contributed by atoms with E-state index < -0.39 is 10.0 Å². The highest BCUT2D eigenvalue weighted by molar-refractivity contribution is 7.88. The van der Waals surface area contributed by atoms with Gasteiger partial charge in [0, 0.05) is 38.2 Å². The molecule has 0 aliphatic carbocycles. The zero-order valence-electron chi connectivity index (χ0n) is 13.9. The van der Waals surface area contributed by atoms with Gasteiger partial charge in [0.05, 0.1) is 25.4 Å². The van der Waals surface area contributed by atoms with Crippen molar-refractivity contribution in [1.29, 1.82) is 0 Å². The van der Waals surface area contributed by atoms with Crippen molar-refractivity contribution in [3.05, 3.63) is 24.2 Å². The number of nitrogens with zero attached hydrogens (tertiary/aromatic N) is 2. The predicted molar refractivity (Wildman–Crippen MR) is 87.4 cm³/mol. The molecule has 7 heteroatoms. The quantitative estimate of drug-likeness (QED) is 0.809. The molecule has 6 nitrogen and oxygen atoms in total. The van der Waals surface area contributed by atoms with E-state index >= 15 is 0 Å². The highest BCUT2D eigenvalue weighted by atomic mass is 32.2. The topological polar surface area (TPSA) is 63.0 Å². The number of rotatable bonds is 5. The molecule has 2 aliphatic heterocycles. The standard InChI is InChI=1S/C16H26N2O4S/c1-21-12-15-10-18(23(2,19)20)13-16(15)4-6-17(7-5-16)9-14-3-8-22-11-14/h3,8,11,15H,4-7,9-10,12-13H2,1-2H3. The van der Waals surface area contributed by atoms with Crippen LogP contribution in [0.1, 0.15) is 18.4 Å². The Kier molecular flexibility index (Phi) is 4.83. The third-order valence-electron chi connectivity index (χ3n) is 5.46. The Morgan fingerprint density at radius 3 is 2.70 bits per heavy atom. The average molecular weight is 342 g/mol. The van der Waals surface area contributed by atoms with Gasteiger partial charge in [-0.1, -0.05) is 0 Å². The third kappa shape index (κ3) is 3.63. The Morgan fingerprint density at radius 1 is 1.39 bits per heavy atom. The lowest BCUT2D eigenvalue weighted by Gasteiger charge is -2.42. The van der Waals surface area contributed by atoms with E-state index in [-0.39, 0.29) is 5.41 Å². The first kappa shape index (κ1) is 17.0. The first-order valence-electron chi connectivity index (χ1n) is 8.10. The van der Waals surface area contributed by atoms with Crippen LogP contribution in [0.15, 0.2) is 23.0 Å². The van der Waals surface area contributed by atoms with Gasteiger partial charge in [0.25, 0.3) is 0 Å². The lowest BCUT2D eigenvalue weighted by Crippen LogP contribution is -2.45. The molecule has 130 valence electrons. The normalized spacial score (nSPS) is 26.1. The molecule has 0 radical (unpaired) electrons. The molecule has 23 heavy (non-hydrogen) atoms. The highest BCUT2D eigenvalue weighted by Crippen LogP contribution is 2.45. The number of sulfonamides is 1. The number of ether oxygens (including phenoxy) is 1. The van der Waals surface area contributed by atoms with Crippen molar-refractivity contribution in [3.8, 4) is 0 Å². The molecule has 3 rings (SSSR count). The molecular formula is C16H26N2O4S. The molecule has 1 atom stereocenters. The van der Waals surface area contributed by atoms with Crippen LogP contribution in [0.2, 0.25) is 0 Å². The summed E-state index contributed by atoms with van der Waals surface area (Å²) in [6, 6.07) is 2.00. The van der Waals surface area contributed by atoms with Gasteiger partial charge in [-0.25, -0.2) is 12.7 Å². The Hall–Kier alpha value is -0.890. The minimum atomic E-state index is -3.13. The minimum absolute atomic E-state index is 0.0615. The summed E-state index contributed by atoms with van der Waals surface area (Å²) >= 11 is 0. The van der Waals surface area contributed by atoms with E-state index in [0.29, 0.717) is 25.6 Å². The molecule has 0 amide bonds. The second kappa shape index (κ2) is 6.55. The van der Waals surface area contributed by atoms with Gasteiger partial charge in [-0.05, 0) is 37.4 Å². The lowest BCUT2D eigenvalue weighted by atomic mass is 9.71. The molecule has 0 aromatic carbocycles. The van der Waals surface area contributed by atoms with Crippen LogP contribution in [0.3, 0.4) is 0 Å². The smallest absolute Gasteiger partial charge is 0.211 e. The van der Waals surface area contributed by atoms with Crippen molar-refractivity contribution in [3.63, 3.8) is 0 Å². The number of likely N-dealkylation sites (tertiary alicyclic amines) is 1. The summed E-state index contributed by atoms with van der Waals surface area (Å²) in [4.78, 5) is 2.42. The van der Waals surface area contributed by atoms with Crippen molar-refractivity contribution in [2.45, 2.75) is 19.4 Å². The van der Waals surface area contributed by atoms with E-state index in [1.165, 1.54) is 11.8 Å². The molecule has 0 saturated carbocycles. The summed E-state index contributed by atoms with van der Waals surface area (Å²) in [5.41, 5.74) is 1.25. The molecule has 3 heterocycles. The maximum absolute atomic E-state index is 11.9. The maximum atomic E-state index is 11.9.